The van der Waals surface area contributed by atoms with Crippen LogP contribution in [0.3, 0.4) is 0 Å². The van der Waals surface area contributed by atoms with Crippen molar-refractivity contribution in [3.05, 3.63) is 29.8 Å². The molecular formula is C16H19N3O3S3. The average molecular weight is 398 g/mol. The fourth-order valence-corrected chi connectivity index (χ4v) is 4.54. The van der Waals surface area contributed by atoms with Gasteiger partial charge in [-0.3, -0.25) is 4.79 Å². The molecule has 0 spiro atoms. The first-order valence-corrected chi connectivity index (χ1v) is 10.3. The Hall–Kier alpha value is -1.58. The summed E-state index contributed by atoms with van der Waals surface area (Å²) < 4.78 is 6.38. The first-order valence-electron chi connectivity index (χ1n) is 7.56. The quantitative estimate of drug-likeness (QED) is 0.536. The summed E-state index contributed by atoms with van der Waals surface area (Å²) in [5.41, 5.74) is 0.761. The van der Waals surface area contributed by atoms with Gasteiger partial charge in [0.15, 0.2) is 8.68 Å². The third kappa shape index (κ3) is 6.33. The van der Waals surface area contributed by atoms with Gasteiger partial charge in [0.2, 0.25) is 5.91 Å². The van der Waals surface area contributed by atoms with Crippen LogP contribution in [-0.4, -0.2) is 40.7 Å². The van der Waals surface area contributed by atoms with Gasteiger partial charge in [-0.25, -0.2) is 4.79 Å². The van der Waals surface area contributed by atoms with Gasteiger partial charge >= 0.3 is 5.97 Å². The van der Waals surface area contributed by atoms with Crippen molar-refractivity contribution in [3.8, 4) is 0 Å². The van der Waals surface area contributed by atoms with Gasteiger partial charge in [0, 0.05) is 5.75 Å². The molecule has 0 atom stereocenters. The van der Waals surface area contributed by atoms with Crippen molar-refractivity contribution >= 4 is 52.4 Å². The lowest BCUT2D eigenvalue weighted by Crippen LogP contribution is -2.17. The van der Waals surface area contributed by atoms with Gasteiger partial charge in [-0.1, -0.05) is 60.8 Å². The van der Waals surface area contributed by atoms with E-state index >= 15 is 0 Å². The number of carbonyl (C=O) groups is 2. The molecule has 1 aromatic heterocycles. The lowest BCUT2D eigenvalue weighted by molar-refractivity contribution is -0.113. The van der Waals surface area contributed by atoms with Crippen molar-refractivity contribution in [1.82, 2.24) is 10.2 Å². The first kappa shape index (κ1) is 19.7. The number of carbonyl (C=O) groups excluding carboxylic acids is 2. The predicted octanol–water partition coefficient (Wildman–Crippen LogP) is 3.80. The molecule has 2 aromatic rings. The highest BCUT2D eigenvalue weighted by Gasteiger charge is 2.14. The summed E-state index contributed by atoms with van der Waals surface area (Å²) in [4.78, 5) is 23.8. The SMILES string of the molecule is COC(=O)c1ccccc1NC(=O)CSc1nnc(SCC(C)C)s1. The number of benzene rings is 1. The summed E-state index contributed by atoms with van der Waals surface area (Å²) in [6.45, 7) is 4.31. The minimum atomic E-state index is -0.487. The number of hydrogen-bond acceptors (Lipinski definition) is 8. The molecule has 0 fully saturated rings. The Morgan fingerprint density at radius 3 is 2.56 bits per heavy atom. The van der Waals surface area contributed by atoms with Gasteiger partial charge in [0.05, 0.1) is 24.1 Å². The second-order valence-electron chi connectivity index (χ2n) is 5.41. The van der Waals surface area contributed by atoms with Crippen LogP contribution in [0.25, 0.3) is 0 Å². The second kappa shape index (κ2) is 9.79. The number of methoxy groups -OCH3 is 1. The zero-order chi connectivity index (χ0) is 18.2. The monoisotopic (exact) mass is 397 g/mol. The van der Waals surface area contributed by atoms with Crippen molar-refractivity contribution in [3.63, 3.8) is 0 Å². The Morgan fingerprint density at radius 1 is 1.20 bits per heavy atom. The van der Waals surface area contributed by atoms with E-state index in [4.69, 9.17) is 4.74 Å². The van der Waals surface area contributed by atoms with E-state index in [2.05, 4.69) is 29.4 Å². The highest BCUT2D eigenvalue weighted by atomic mass is 32.2. The maximum atomic E-state index is 12.1. The number of nitrogens with one attached hydrogen (secondary N) is 1. The van der Waals surface area contributed by atoms with E-state index in [1.165, 1.54) is 30.2 Å². The van der Waals surface area contributed by atoms with Crippen LogP contribution in [0.1, 0.15) is 24.2 Å². The van der Waals surface area contributed by atoms with E-state index in [0.717, 1.165) is 14.4 Å². The largest absolute Gasteiger partial charge is 0.465 e. The number of ether oxygens (including phenoxy) is 1. The molecule has 2 rings (SSSR count). The van der Waals surface area contributed by atoms with Crippen molar-refractivity contribution in [2.75, 3.05) is 23.9 Å². The van der Waals surface area contributed by atoms with E-state index in [-0.39, 0.29) is 11.7 Å². The Morgan fingerprint density at radius 2 is 1.88 bits per heavy atom. The summed E-state index contributed by atoms with van der Waals surface area (Å²) in [6.07, 6.45) is 0. The van der Waals surface area contributed by atoms with Crippen LogP contribution in [0.4, 0.5) is 5.69 Å². The van der Waals surface area contributed by atoms with Gasteiger partial charge < -0.3 is 10.1 Å². The van der Waals surface area contributed by atoms with Crippen LogP contribution in [0.2, 0.25) is 0 Å². The number of aromatic nitrogens is 2. The molecule has 1 aromatic carbocycles. The zero-order valence-electron chi connectivity index (χ0n) is 14.1. The molecule has 0 saturated carbocycles. The smallest absolute Gasteiger partial charge is 0.339 e. The highest BCUT2D eigenvalue weighted by Crippen LogP contribution is 2.29. The molecule has 25 heavy (non-hydrogen) atoms. The van der Waals surface area contributed by atoms with Crippen LogP contribution >= 0.6 is 34.9 Å². The Kier molecular flexibility index (Phi) is 7.73. The van der Waals surface area contributed by atoms with Crippen molar-refractivity contribution in [1.29, 1.82) is 0 Å². The third-order valence-electron chi connectivity index (χ3n) is 2.86. The topological polar surface area (TPSA) is 81.2 Å². The lowest BCUT2D eigenvalue weighted by atomic mass is 10.2. The van der Waals surface area contributed by atoms with Crippen LogP contribution < -0.4 is 5.32 Å². The summed E-state index contributed by atoms with van der Waals surface area (Å²) in [7, 11) is 1.31. The molecule has 6 nitrogen and oxygen atoms in total. The predicted molar refractivity (Wildman–Crippen MR) is 103 cm³/mol. The summed E-state index contributed by atoms with van der Waals surface area (Å²) in [5.74, 6) is 1.07. The van der Waals surface area contributed by atoms with E-state index in [9.17, 15) is 9.59 Å². The molecule has 0 saturated heterocycles. The molecule has 0 aliphatic rings. The summed E-state index contributed by atoms with van der Waals surface area (Å²) in [5, 5.41) is 10.9. The number of thioether (sulfide) groups is 2. The van der Waals surface area contributed by atoms with Gasteiger partial charge in [-0.2, -0.15) is 0 Å². The molecule has 134 valence electrons. The van der Waals surface area contributed by atoms with Gasteiger partial charge in [-0.05, 0) is 18.1 Å². The molecule has 0 bridgehead atoms. The van der Waals surface area contributed by atoms with E-state index in [1.54, 1.807) is 36.0 Å². The second-order valence-corrected chi connectivity index (χ2v) is 8.88. The van der Waals surface area contributed by atoms with Crippen LogP contribution in [0.5, 0.6) is 0 Å². The highest BCUT2D eigenvalue weighted by molar-refractivity contribution is 8.03. The zero-order valence-corrected chi connectivity index (χ0v) is 16.6. The van der Waals surface area contributed by atoms with E-state index < -0.39 is 5.97 Å². The number of para-hydroxylation sites is 1. The number of hydrogen-bond donors (Lipinski definition) is 1. The summed E-state index contributed by atoms with van der Waals surface area (Å²) in [6, 6.07) is 6.74. The van der Waals surface area contributed by atoms with Gasteiger partial charge in [-0.15, -0.1) is 10.2 Å². The maximum absolute atomic E-state index is 12.1. The molecule has 0 radical (unpaired) electrons. The minimum Gasteiger partial charge on any atom is -0.465 e. The molecule has 1 heterocycles. The minimum absolute atomic E-state index is 0.193. The van der Waals surface area contributed by atoms with Crippen molar-refractivity contribution in [2.24, 2.45) is 5.92 Å². The molecule has 1 N–H and O–H groups in total. The average Bonchev–Trinajstić information content (AvgIpc) is 3.06. The number of rotatable bonds is 8. The molecular weight excluding hydrogens is 378 g/mol. The maximum Gasteiger partial charge on any atom is 0.339 e. The van der Waals surface area contributed by atoms with Crippen molar-refractivity contribution < 1.29 is 14.3 Å². The molecule has 0 unspecified atom stereocenters. The third-order valence-corrected chi connectivity index (χ3v) is 6.48. The van der Waals surface area contributed by atoms with Gasteiger partial charge in [0.25, 0.3) is 0 Å². The number of nitrogens with zero attached hydrogens (tertiary/aromatic N) is 2. The van der Waals surface area contributed by atoms with Gasteiger partial charge in [0.1, 0.15) is 0 Å². The van der Waals surface area contributed by atoms with E-state index in [0.29, 0.717) is 17.2 Å². The first-order chi connectivity index (χ1) is 12.0. The Labute approximate surface area is 159 Å². The van der Waals surface area contributed by atoms with E-state index in [1.807, 2.05) is 0 Å². The Balaban J connectivity index is 1.88. The Bertz CT molecular complexity index is 734. The van der Waals surface area contributed by atoms with Crippen LogP contribution in [0.15, 0.2) is 32.9 Å². The standard InChI is InChI=1S/C16H19N3O3S3/c1-10(2)8-23-15-18-19-16(25-15)24-9-13(20)17-12-7-5-4-6-11(12)14(21)22-3/h4-7,10H,8-9H2,1-3H3,(H,17,20). The lowest BCUT2D eigenvalue weighted by Gasteiger charge is -2.08. The van der Waals surface area contributed by atoms with Crippen LogP contribution in [-0.2, 0) is 9.53 Å². The summed E-state index contributed by atoms with van der Waals surface area (Å²) >= 11 is 4.48. The molecule has 9 heteroatoms. The fraction of sp³-hybridized carbons (Fsp3) is 0.375. The van der Waals surface area contributed by atoms with Crippen LogP contribution in [0, 0.1) is 5.92 Å². The fourth-order valence-electron chi connectivity index (χ4n) is 1.75. The molecule has 1 amide bonds. The molecule has 0 aliphatic carbocycles. The number of anilines is 1. The number of amides is 1. The molecule has 0 aliphatic heterocycles. The normalized spacial score (nSPS) is 10.7. The number of esters is 1. The van der Waals surface area contributed by atoms with Crippen molar-refractivity contribution in [2.45, 2.75) is 22.5 Å².